The van der Waals surface area contributed by atoms with Crippen LogP contribution in [0.1, 0.15) is 6.42 Å². The molecule has 0 atom stereocenters. The van der Waals surface area contributed by atoms with E-state index < -0.39 is 0 Å². The zero-order valence-corrected chi connectivity index (χ0v) is 2.77. The Bertz CT molecular complexity index is 64.0. The van der Waals surface area contributed by atoms with Gasteiger partial charge in [-0.2, -0.15) is 0 Å². The van der Waals surface area contributed by atoms with Gasteiger partial charge in [-0.1, -0.05) is 0 Å². The molecule has 0 bridgehead atoms. The topological polar surface area (TPSA) is 23.1 Å². The quantitative estimate of drug-likeness (QED) is 0.362. The van der Waals surface area contributed by atoms with E-state index in [-0.39, 0.29) is 5.76 Å². The van der Waals surface area contributed by atoms with Crippen molar-refractivity contribution in [3.8, 4) is 0 Å². The maximum Gasteiger partial charge on any atom is 0.114 e. The minimum atomic E-state index is 0.185. The lowest BCUT2D eigenvalue weighted by Gasteiger charge is -2.04. The Morgan fingerprint density at radius 1 is 2.00 bits per heavy atom. The van der Waals surface area contributed by atoms with Crippen molar-refractivity contribution in [3.63, 3.8) is 0 Å². The third-order valence-corrected chi connectivity index (χ3v) is 0.638. The Kier molecular flexibility index (Phi) is 0.357. The van der Waals surface area contributed by atoms with Gasteiger partial charge >= 0.3 is 0 Å². The summed E-state index contributed by atoms with van der Waals surface area (Å²) >= 11 is 0. The van der Waals surface area contributed by atoms with Gasteiger partial charge in [-0.3, -0.25) is 0 Å². The summed E-state index contributed by atoms with van der Waals surface area (Å²) in [7, 11) is 0. The molecule has 0 unspecified atom stereocenters. The predicted molar refractivity (Wildman–Crippen MR) is 17.0 cm³/mol. The molecule has 0 aromatic carbocycles. The Labute approximate surface area is 30.9 Å². The average molecular weight is 68.1 g/mol. The molecule has 1 aliphatic rings. The van der Waals surface area contributed by atoms with E-state index in [0.29, 0.717) is 0 Å². The number of hydrogen-bond donors (Lipinski definition) is 0. The van der Waals surface area contributed by atoms with Crippen LogP contribution in [0.15, 0.2) is 11.8 Å². The molecule has 0 heterocycles. The molecule has 0 saturated carbocycles. The average Bonchev–Trinajstić information content (AvgIpc) is 1.30. The van der Waals surface area contributed by atoms with Crippen LogP contribution in [0.2, 0.25) is 0 Å². The highest BCUT2D eigenvalue weighted by molar-refractivity contribution is 5.15. The summed E-state index contributed by atoms with van der Waals surface area (Å²) in [6.07, 6.45) is 4.19. The molecule has 5 heavy (non-hydrogen) atoms. The first-order valence-corrected chi connectivity index (χ1v) is 1.60. The van der Waals surface area contributed by atoms with Crippen LogP contribution in [-0.4, -0.2) is 0 Å². The van der Waals surface area contributed by atoms with Crippen molar-refractivity contribution in [2.45, 2.75) is 6.42 Å². The van der Waals surface area contributed by atoms with Gasteiger partial charge in [-0.15, -0.1) is 0 Å². The van der Waals surface area contributed by atoms with Crippen LogP contribution in [0.4, 0.5) is 0 Å². The fraction of sp³-hybridized carbons (Fsp3) is 0.250. The lowest BCUT2D eigenvalue weighted by atomic mass is 10.1. The lowest BCUT2D eigenvalue weighted by molar-refractivity contribution is -0.302. The molecule has 26 valence electrons. The van der Waals surface area contributed by atoms with E-state index in [0.717, 1.165) is 6.42 Å². The Hall–Kier alpha value is -0.590. The molecule has 1 rings (SSSR count). The molecule has 1 heteroatoms. The van der Waals surface area contributed by atoms with E-state index in [4.69, 9.17) is 0 Å². The van der Waals surface area contributed by atoms with E-state index in [2.05, 4.69) is 0 Å². The van der Waals surface area contributed by atoms with Gasteiger partial charge in [0.2, 0.25) is 0 Å². The molecule has 0 N–H and O–H groups in total. The first-order valence-electron chi connectivity index (χ1n) is 1.60. The molecule has 1 nitrogen and oxygen atoms in total. The zero-order chi connectivity index (χ0) is 3.70. The van der Waals surface area contributed by atoms with Crippen LogP contribution in [0.5, 0.6) is 0 Å². The summed E-state index contributed by atoms with van der Waals surface area (Å²) in [5, 5.41) is 9.79. The van der Waals surface area contributed by atoms with Gasteiger partial charge in [0.05, 0.1) is 18.3 Å². The molecule has 0 fully saturated rings. The van der Waals surface area contributed by atoms with Crippen molar-refractivity contribution in [1.29, 1.82) is 0 Å². The smallest absolute Gasteiger partial charge is 0.114 e. The molecular formula is C4H4O. The van der Waals surface area contributed by atoms with Gasteiger partial charge in [-0.25, -0.2) is 0 Å². The summed E-state index contributed by atoms with van der Waals surface area (Å²) in [4.78, 5) is 0. The molecule has 0 amide bonds. The molecule has 0 spiro atoms. The van der Waals surface area contributed by atoms with Crippen molar-refractivity contribution in [1.82, 2.24) is 0 Å². The Morgan fingerprint density at radius 3 is 2.40 bits per heavy atom. The SMILES string of the molecule is [O-]C1=CC[CH+]1. The minimum Gasteiger partial charge on any atom is -0.842 e. The van der Waals surface area contributed by atoms with Crippen LogP contribution < -0.4 is 5.11 Å². The van der Waals surface area contributed by atoms with Crippen LogP contribution in [0.25, 0.3) is 0 Å². The maximum absolute atomic E-state index is 9.79. The van der Waals surface area contributed by atoms with E-state index in [9.17, 15) is 5.11 Å². The zero-order valence-electron chi connectivity index (χ0n) is 2.77. The molecule has 0 saturated heterocycles. The second-order valence-electron chi connectivity index (χ2n) is 1.05. The molecule has 0 aliphatic heterocycles. The summed E-state index contributed by atoms with van der Waals surface area (Å²) in [5.74, 6) is 0.185. The summed E-state index contributed by atoms with van der Waals surface area (Å²) < 4.78 is 0. The third-order valence-electron chi connectivity index (χ3n) is 0.638. The number of rotatable bonds is 0. The Morgan fingerprint density at radius 2 is 2.40 bits per heavy atom. The highest BCUT2D eigenvalue weighted by Gasteiger charge is 2.02. The number of hydrogen-bond acceptors (Lipinski definition) is 1. The van der Waals surface area contributed by atoms with E-state index in [1.54, 1.807) is 12.5 Å². The van der Waals surface area contributed by atoms with Crippen LogP contribution in [-0.2, 0) is 0 Å². The first-order chi connectivity index (χ1) is 2.39. The van der Waals surface area contributed by atoms with Crippen molar-refractivity contribution >= 4 is 0 Å². The van der Waals surface area contributed by atoms with Gasteiger partial charge in [0.25, 0.3) is 0 Å². The van der Waals surface area contributed by atoms with Gasteiger partial charge in [-0.05, 0) is 0 Å². The highest BCUT2D eigenvalue weighted by atomic mass is 16.3. The second-order valence-corrected chi connectivity index (χ2v) is 1.05. The van der Waals surface area contributed by atoms with Crippen LogP contribution in [0.3, 0.4) is 0 Å². The summed E-state index contributed by atoms with van der Waals surface area (Å²) in [6.45, 7) is 0. The van der Waals surface area contributed by atoms with E-state index >= 15 is 0 Å². The first kappa shape index (κ1) is 2.64. The fourth-order valence-electron chi connectivity index (χ4n) is 0.214. The fourth-order valence-corrected chi connectivity index (χ4v) is 0.214. The molecule has 0 aromatic heterocycles. The number of allylic oxidation sites excluding steroid dienone is 2. The normalized spacial score (nSPS) is 18.8. The minimum absolute atomic E-state index is 0.185. The van der Waals surface area contributed by atoms with Gasteiger partial charge in [0, 0.05) is 0 Å². The predicted octanol–water partition coefficient (Wildman–Crippen LogP) is -0.161. The van der Waals surface area contributed by atoms with Crippen LogP contribution in [0, 0.1) is 6.42 Å². The standard InChI is InChI=1S/C4H4O/c5-4-2-1-3-4/h2-3H,1H2. The van der Waals surface area contributed by atoms with Gasteiger partial charge in [0.15, 0.2) is 0 Å². The third kappa shape index (κ3) is 0.232. The van der Waals surface area contributed by atoms with Crippen molar-refractivity contribution in [3.05, 3.63) is 18.3 Å². The molecule has 0 aromatic rings. The second kappa shape index (κ2) is 0.677. The van der Waals surface area contributed by atoms with Gasteiger partial charge < -0.3 is 5.11 Å². The molecule has 1 aliphatic carbocycles. The van der Waals surface area contributed by atoms with Crippen molar-refractivity contribution in [2.75, 3.05) is 0 Å². The van der Waals surface area contributed by atoms with E-state index in [1.165, 1.54) is 0 Å². The summed E-state index contributed by atoms with van der Waals surface area (Å²) in [6, 6.07) is 0. The molecular weight excluding hydrogens is 64.0 g/mol. The largest absolute Gasteiger partial charge is 0.842 e. The van der Waals surface area contributed by atoms with Crippen molar-refractivity contribution < 1.29 is 5.11 Å². The molecule has 0 radical (unpaired) electrons. The van der Waals surface area contributed by atoms with Crippen LogP contribution >= 0.6 is 0 Å². The lowest BCUT2D eigenvalue weighted by Crippen LogP contribution is -2.09. The monoisotopic (exact) mass is 68.0 g/mol. The van der Waals surface area contributed by atoms with Crippen molar-refractivity contribution in [2.24, 2.45) is 0 Å². The maximum atomic E-state index is 9.79. The Balaban J connectivity index is 2.51. The summed E-state index contributed by atoms with van der Waals surface area (Å²) in [5.41, 5.74) is 0. The highest BCUT2D eigenvalue weighted by Crippen LogP contribution is 2.07. The van der Waals surface area contributed by atoms with E-state index in [1.807, 2.05) is 0 Å². The van der Waals surface area contributed by atoms with Gasteiger partial charge in [0.1, 0.15) is 6.42 Å².